The third-order valence-corrected chi connectivity index (χ3v) is 28.6. The van der Waals surface area contributed by atoms with Crippen LogP contribution in [-0.2, 0) is 0 Å². The molecule has 0 N–H and O–H groups in total. The van der Waals surface area contributed by atoms with Gasteiger partial charge in [0.25, 0.3) is 0 Å². The molecule has 0 saturated carbocycles. The average molecular weight is 1430 g/mol. The van der Waals surface area contributed by atoms with Crippen molar-refractivity contribution in [3.8, 4) is 39.1 Å². The molecule has 0 fully saturated rings. The minimum absolute atomic E-state index is 0. The number of rotatable bonds is 11. The Bertz CT molecular complexity index is 5810. The van der Waals surface area contributed by atoms with Gasteiger partial charge in [0, 0.05) is 6.20 Å². The number of nitrogens with zero attached hydrogens (tertiary/aromatic N) is 3. The van der Waals surface area contributed by atoms with Gasteiger partial charge in [-0.05, 0) is 94.0 Å². The van der Waals surface area contributed by atoms with E-state index in [9.17, 15) is 5.11 Å². The van der Waals surface area contributed by atoms with Gasteiger partial charge in [0.15, 0.2) is 0 Å². The summed E-state index contributed by atoms with van der Waals surface area (Å²) in [6, 6.07) is 125. The summed E-state index contributed by atoms with van der Waals surface area (Å²) in [7, 11) is 0. The van der Waals surface area contributed by atoms with E-state index in [2.05, 4.69) is 365 Å². The van der Waals surface area contributed by atoms with Crippen molar-refractivity contribution in [1.29, 1.82) is 0 Å². The number of para-hydroxylation sites is 3. The number of aromatic nitrogens is 1. The molecule has 1 aromatic heterocycles. The van der Waals surface area contributed by atoms with Gasteiger partial charge in [-0.2, -0.15) is 0 Å². The van der Waals surface area contributed by atoms with Gasteiger partial charge >= 0.3 is 323 Å². The van der Waals surface area contributed by atoms with Gasteiger partial charge < -0.3 is 5.11 Å². The van der Waals surface area contributed by atoms with Crippen LogP contribution in [0.25, 0.3) is 120 Å². The molecule has 18 rings (SSSR count). The van der Waals surface area contributed by atoms with Crippen LogP contribution in [0.4, 0.5) is 34.1 Å². The molecule has 486 valence electrons. The Morgan fingerprint density at radius 2 is 0.667 bits per heavy atom. The molecular formula is C95H76Ge2LiN3O. The van der Waals surface area contributed by atoms with Crippen LogP contribution in [0.5, 0.6) is 5.75 Å². The van der Waals surface area contributed by atoms with Crippen LogP contribution in [0.15, 0.2) is 352 Å². The quantitative estimate of drug-likeness (QED) is 0.0735. The molecule has 18 aromatic rings. The summed E-state index contributed by atoms with van der Waals surface area (Å²) in [5.74, 6) is 14.7. The topological polar surface area (TPSA) is 42.4 Å². The zero-order valence-electron chi connectivity index (χ0n) is 58.7. The van der Waals surface area contributed by atoms with E-state index in [0.29, 0.717) is 5.52 Å². The van der Waals surface area contributed by atoms with Gasteiger partial charge in [0.2, 0.25) is 0 Å². The van der Waals surface area contributed by atoms with Gasteiger partial charge in [-0.15, -0.1) is 0 Å². The van der Waals surface area contributed by atoms with Crippen LogP contribution >= 0.6 is 0 Å². The zero-order valence-corrected chi connectivity index (χ0v) is 62.9. The van der Waals surface area contributed by atoms with Crippen molar-refractivity contribution in [2.45, 2.75) is 34.5 Å². The Hall–Kier alpha value is -10.7. The first-order chi connectivity index (χ1) is 49.3. The predicted octanol–water partition coefficient (Wildman–Crippen LogP) is 22.2. The largest absolute Gasteiger partial charge is 1.00 e. The van der Waals surface area contributed by atoms with Crippen molar-refractivity contribution < 1.29 is 24.0 Å². The summed E-state index contributed by atoms with van der Waals surface area (Å²) in [4.78, 5) is 8.84. The first-order valence-corrected chi connectivity index (χ1v) is 49.6. The normalized spacial score (nSPS) is 11.6. The maximum Gasteiger partial charge on any atom is 1.00 e. The molecule has 0 aliphatic carbocycles. The number of benzene rings is 17. The standard InChI is InChI=1S/C46H44Ge2N2.C40H26.C9H7NO.Li/c1-47(2,3)35-21-25-39(26-22-35)49(37-13-9-7-10-14-37)43-31-19-33-18-30-42-44(32-20-34-17-29-41(43)45(33)46(34)42)50(38-15-11-8-12-16-38)40-27-23-36(24-28-40)48(4,5)6;1-2-12-31-26-32(25-22-27(31)10-1)28-20-23-30(24-21-28)39-35-15-5-7-17-37(35)40(38-18-8-6-16-36(38)39)34-19-9-13-29-11-3-4-14-33(29)34;11-8-5-1-3-7-4-2-6-10-9(7)8;/h7-32H,1-6H3;1-26H;1-6,11H;/q;;;+1/p-1. The molecule has 0 atom stereocenters. The molecule has 0 aliphatic rings. The number of hydrogen-bond acceptors (Lipinski definition) is 4. The molecule has 7 heteroatoms. The first-order valence-electron chi connectivity index (χ1n) is 34.9. The minimum atomic E-state index is -1.97. The predicted molar refractivity (Wildman–Crippen MR) is 439 cm³/mol. The Kier molecular flexibility index (Phi) is 18.7. The fraction of sp³-hybridized carbons (Fsp3) is 0.0632. The molecule has 0 spiro atoms. The van der Waals surface area contributed by atoms with Crippen LogP contribution in [-0.4, -0.2) is 31.5 Å². The van der Waals surface area contributed by atoms with Crippen molar-refractivity contribution in [2.24, 2.45) is 0 Å². The van der Waals surface area contributed by atoms with E-state index in [-0.39, 0.29) is 24.6 Å². The molecule has 0 aliphatic heterocycles. The van der Waals surface area contributed by atoms with Crippen molar-refractivity contribution in [3.05, 3.63) is 352 Å². The maximum atomic E-state index is 11.1. The van der Waals surface area contributed by atoms with E-state index in [1.807, 2.05) is 18.2 Å². The van der Waals surface area contributed by atoms with E-state index in [1.165, 1.54) is 146 Å². The van der Waals surface area contributed by atoms with Gasteiger partial charge in [-0.3, -0.25) is 4.98 Å². The summed E-state index contributed by atoms with van der Waals surface area (Å²) >= 11 is -3.93. The van der Waals surface area contributed by atoms with Gasteiger partial charge in [-0.25, -0.2) is 0 Å². The van der Waals surface area contributed by atoms with E-state index >= 15 is 0 Å². The van der Waals surface area contributed by atoms with Crippen LogP contribution in [0.3, 0.4) is 0 Å². The second-order valence-electron chi connectivity index (χ2n) is 28.4. The minimum Gasteiger partial charge on any atom is -0.871 e. The fourth-order valence-corrected chi connectivity index (χ4v) is 19.7. The molecule has 1 heterocycles. The molecule has 0 bridgehead atoms. The number of fused-ring (bicyclic) bond motifs is 5. The first kappa shape index (κ1) is 67.2. The number of hydrogen-bond donors (Lipinski definition) is 0. The molecule has 4 nitrogen and oxygen atoms in total. The summed E-state index contributed by atoms with van der Waals surface area (Å²) in [5.41, 5.74) is 15.2. The SMILES string of the molecule is [CH3][Ge]([CH3])([CH3])[c]1ccc(N(c2ccccc2)c2ccc3ccc4c(N(c5ccccc5)c5cc[c]([Ge]([CH3])([CH3])[CH3])cc5)ccc5ccc2c3c54)cc1.[Li+].[O-]c1cccc2cccnc12.c1ccc2cc(-c3ccc(-c4c5ccccc5c(-c5cccc6ccccc56)c5ccccc45)cc3)ccc2c1. The molecule has 0 saturated heterocycles. The second kappa shape index (κ2) is 28.4. The summed E-state index contributed by atoms with van der Waals surface area (Å²) in [6.07, 6.45) is 1.63. The Balaban J connectivity index is 0.000000144. The van der Waals surface area contributed by atoms with Crippen molar-refractivity contribution in [3.63, 3.8) is 0 Å². The number of anilines is 6. The van der Waals surface area contributed by atoms with Crippen LogP contribution in [0, 0.1) is 0 Å². The summed E-state index contributed by atoms with van der Waals surface area (Å²) < 4.78 is 3.03. The van der Waals surface area contributed by atoms with E-state index in [1.54, 1.807) is 12.3 Å². The van der Waals surface area contributed by atoms with E-state index in [4.69, 9.17) is 0 Å². The smallest absolute Gasteiger partial charge is 0.871 e. The van der Waals surface area contributed by atoms with Crippen LogP contribution in [0.1, 0.15) is 0 Å². The van der Waals surface area contributed by atoms with Gasteiger partial charge in [-0.1, -0.05) is 182 Å². The van der Waals surface area contributed by atoms with Crippen LogP contribution < -0.4 is 42.6 Å². The molecular weight excluding hydrogens is 1350 g/mol. The van der Waals surface area contributed by atoms with E-state index in [0.717, 1.165) is 16.8 Å². The van der Waals surface area contributed by atoms with Crippen molar-refractivity contribution in [1.82, 2.24) is 4.98 Å². The Morgan fingerprint density at radius 3 is 1.19 bits per heavy atom. The monoisotopic (exact) mass is 1430 g/mol. The van der Waals surface area contributed by atoms with Crippen molar-refractivity contribution in [2.75, 3.05) is 9.80 Å². The third kappa shape index (κ3) is 13.0. The molecule has 0 amide bonds. The second-order valence-corrected chi connectivity index (χ2v) is 49.7. The Labute approximate surface area is 615 Å². The molecule has 102 heavy (non-hydrogen) atoms. The average Bonchev–Trinajstić information content (AvgIpc) is 0.722. The zero-order chi connectivity index (χ0) is 68.8. The third-order valence-electron chi connectivity index (χ3n) is 20.0. The van der Waals surface area contributed by atoms with Crippen LogP contribution in [0.2, 0.25) is 34.5 Å². The van der Waals surface area contributed by atoms with E-state index < -0.39 is 26.5 Å². The van der Waals surface area contributed by atoms with Crippen molar-refractivity contribution >= 4 is 156 Å². The fourth-order valence-electron chi connectivity index (χ4n) is 14.8. The molecule has 0 radical (unpaired) electrons. The number of pyridine rings is 1. The molecule has 17 aromatic carbocycles. The maximum absolute atomic E-state index is 11.1. The van der Waals surface area contributed by atoms with Gasteiger partial charge in [0.1, 0.15) is 0 Å². The summed E-state index contributed by atoms with van der Waals surface area (Å²) in [5, 5.41) is 29.9. The molecule has 0 unspecified atom stereocenters. The van der Waals surface area contributed by atoms with Gasteiger partial charge in [0.05, 0.1) is 5.52 Å². The Morgan fingerprint density at radius 1 is 0.275 bits per heavy atom. The summed E-state index contributed by atoms with van der Waals surface area (Å²) in [6.45, 7) is 0.